The Morgan fingerprint density at radius 1 is 1.12 bits per heavy atom. The van der Waals surface area contributed by atoms with Crippen LogP contribution < -0.4 is 10.3 Å². The van der Waals surface area contributed by atoms with Crippen LogP contribution in [0.15, 0.2) is 66.7 Å². The summed E-state index contributed by atoms with van der Waals surface area (Å²) < 4.78 is 16.5. The molecule has 160 valence electrons. The number of ether oxygens (including phenoxy) is 1. The largest absolute Gasteiger partial charge is 0.465 e. The summed E-state index contributed by atoms with van der Waals surface area (Å²) in [4.78, 5) is 40.1. The third-order valence-electron chi connectivity index (χ3n) is 5.34. The van der Waals surface area contributed by atoms with Crippen LogP contribution >= 0.6 is 15.9 Å². The van der Waals surface area contributed by atoms with Gasteiger partial charge in [-0.1, -0.05) is 33.2 Å². The van der Waals surface area contributed by atoms with E-state index >= 15 is 0 Å². The molecular formula is C23H15BrN2O6. The lowest BCUT2D eigenvalue weighted by atomic mass is 9.97. The van der Waals surface area contributed by atoms with E-state index in [1.54, 1.807) is 55.5 Å². The number of benzene rings is 2. The van der Waals surface area contributed by atoms with Crippen molar-refractivity contribution >= 4 is 44.6 Å². The minimum Gasteiger partial charge on any atom is -0.465 e. The van der Waals surface area contributed by atoms with Crippen molar-refractivity contribution in [1.29, 1.82) is 0 Å². The Bertz CT molecular complexity index is 1450. The predicted molar refractivity (Wildman–Crippen MR) is 118 cm³/mol. The van der Waals surface area contributed by atoms with E-state index in [9.17, 15) is 14.4 Å². The van der Waals surface area contributed by atoms with Gasteiger partial charge in [0.15, 0.2) is 11.2 Å². The Labute approximate surface area is 189 Å². The van der Waals surface area contributed by atoms with Crippen LogP contribution in [0, 0.1) is 6.92 Å². The van der Waals surface area contributed by atoms with E-state index in [0.717, 1.165) is 0 Å². The summed E-state index contributed by atoms with van der Waals surface area (Å²) in [6.07, 6.45) is 0. The van der Waals surface area contributed by atoms with Crippen molar-refractivity contribution in [2.45, 2.75) is 13.0 Å². The van der Waals surface area contributed by atoms with Crippen molar-refractivity contribution in [3.63, 3.8) is 0 Å². The molecular weight excluding hydrogens is 480 g/mol. The minimum atomic E-state index is -0.812. The fraction of sp³-hybridized carbons (Fsp3) is 0.130. The van der Waals surface area contributed by atoms with Crippen molar-refractivity contribution < 1.29 is 23.3 Å². The second kappa shape index (κ2) is 7.45. The molecule has 0 saturated carbocycles. The van der Waals surface area contributed by atoms with E-state index < -0.39 is 17.9 Å². The van der Waals surface area contributed by atoms with Crippen molar-refractivity contribution in [3.8, 4) is 0 Å². The first-order valence-electron chi connectivity index (χ1n) is 9.60. The third kappa shape index (κ3) is 3.04. The molecule has 3 heterocycles. The number of esters is 1. The fourth-order valence-electron chi connectivity index (χ4n) is 3.88. The van der Waals surface area contributed by atoms with Crippen molar-refractivity contribution in [3.05, 3.63) is 91.4 Å². The number of aryl methyl sites for hydroxylation is 1. The number of rotatable bonds is 3. The Balaban J connectivity index is 1.76. The van der Waals surface area contributed by atoms with Gasteiger partial charge in [0.1, 0.15) is 11.3 Å². The number of fused-ring (bicyclic) bond motifs is 2. The van der Waals surface area contributed by atoms with E-state index in [2.05, 4.69) is 21.1 Å². The molecule has 2 aromatic carbocycles. The zero-order chi connectivity index (χ0) is 22.6. The molecule has 1 aliphatic heterocycles. The van der Waals surface area contributed by atoms with Crippen LogP contribution in [0.3, 0.4) is 0 Å². The van der Waals surface area contributed by atoms with Crippen LogP contribution in [-0.2, 0) is 4.74 Å². The molecule has 0 unspecified atom stereocenters. The quantitative estimate of drug-likeness (QED) is 0.389. The molecule has 0 radical (unpaired) electrons. The highest BCUT2D eigenvalue weighted by atomic mass is 79.9. The lowest BCUT2D eigenvalue weighted by Gasteiger charge is -2.22. The van der Waals surface area contributed by atoms with Crippen LogP contribution in [0.1, 0.15) is 43.8 Å². The maximum absolute atomic E-state index is 13.5. The predicted octanol–water partition coefficient (Wildman–Crippen LogP) is 4.39. The molecule has 8 nitrogen and oxygen atoms in total. The van der Waals surface area contributed by atoms with Crippen LogP contribution in [0.4, 0.5) is 5.82 Å². The number of hydrogen-bond acceptors (Lipinski definition) is 7. The lowest BCUT2D eigenvalue weighted by molar-refractivity contribution is 0.0600. The first-order valence-corrected chi connectivity index (χ1v) is 10.4. The molecule has 1 amide bonds. The number of carbonyl (C=O) groups excluding carboxylic acids is 2. The molecule has 2 aromatic heterocycles. The maximum atomic E-state index is 13.5. The first kappa shape index (κ1) is 20.2. The van der Waals surface area contributed by atoms with E-state index in [0.29, 0.717) is 32.3 Å². The van der Waals surface area contributed by atoms with E-state index in [-0.39, 0.29) is 22.6 Å². The van der Waals surface area contributed by atoms with Gasteiger partial charge in [0.05, 0.1) is 29.7 Å². The van der Waals surface area contributed by atoms with Gasteiger partial charge in [-0.3, -0.25) is 14.5 Å². The topological polar surface area (TPSA) is 103 Å². The molecule has 1 atom stereocenters. The molecule has 0 N–H and O–H groups in total. The van der Waals surface area contributed by atoms with Crippen molar-refractivity contribution in [1.82, 2.24) is 5.16 Å². The number of anilines is 1. The summed E-state index contributed by atoms with van der Waals surface area (Å²) in [5.41, 5.74) is 1.14. The summed E-state index contributed by atoms with van der Waals surface area (Å²) in [6.45, 7) is 1.71. The number of hydrogen-bond donors (Lipinski definition) is 0. The van der Waals surface area contributed by atoms with Gasteiger partial charge in [0.25, 0.3) is 5.91 Å². The van der Waals surface area contributed by atoms with Crippen LogP contribution in [0.2, 0.25) is 0 Å². The van der Waals surface area contributed by atoms with Gasteiger partial charge >= 0.3 is 5.97 Å². The molecule has 0 fully saturated rings. The standard InChI is InChI=1S/C23H15BrN2O6/c1-11-9-17(25-32-11)26-19(12-3-5-13(6-4-12)23(29)30-2)18-20(27)15-10-14(24)7-8-16(15)31-21(18)22(26)28/h3-10,19H,1-2H3/t19-/m1/s1. The average Bonchev–Trinajstić information content (AvgIpc) is 3.35. The molecule has 32 heavy (non-hydrogen) atoms. The van der Waals surface area contributed by atoms with E-state index in [1.807, 2.05) is 0 Å². The normalized spacial score (nSPS) is 15.3. The van der Waals surface area contributed by atoms with Gasteiger partial charge in [-0.2, -0.15) is 0 Å². The molecule has 0 aliphatic carbocycles. The van der Waals surface area contributed by atoms with Gasteiger partial charge in [0.2, 0.25) is 5.76 Å². The molecule has 0 spiro atoms. The monoisotopic (exact) mass is 494 g/mol. The number of halogens is 1. The number of carbonyl (C=O) groups is 2. The Morgan fingerprint density at radius 3 is 2.53 bits per heavy atom. The van der Waals surface area contributed by atoms with Gasteiger partial charge in [-0.05, 0) is 42.8 Å². The second-order valence-corrected chi connectivity index (χ2v) is 8.22. The highest BCUT2D eigenvalue weighted by Gasteiger charge is 2.44. The van der Waals surface area contributed by atoms with Gasteiger partial charge in [-0.15, -0.1) is 0 Å². The molecule has 0 saturated heterocycles. The smallest absolute Gasteiger partial charge is 0.337 e. The fourth-order valence-corrected chi connectivity index (χ4v) is 4.24. The van der Waals surface area contributed by atoms with Gasteiger partial charge < -0.3 is 13.7 Å². The zero-order valence-corrected chi connectivity index (χ0v) is 18.5. The summed E-state index contributed by atoms with van der Waals surface area (Å²) in [5, 5.41) is 4.33. The average molecular weight is 495 g/mol. The van der Waals surface area contributed by atoms with E-state index in [1.165, 1.54) is 12.0 Å². The minimum absolute atomic E-state index is 0.0486. The summed E-state index contributed by atoms with van der Waals surface area (Å²) in [7, 11) is 1.30. The highest BCUT2D eigenvalue weighted by Crippen LogP contribution is 2.41. The van der Waals surface area contributed by atoms with Crippen LogP contribution in [0.25, 0.3) is 11.0 Å². The zero-order valence-electron chi connectivity index (χ0n) is 16.9. The second-order valence-electron chi connectivity index (χ2n) is 7.30. The first-order chi connectivity index (χ1) is 15.4. The van der Waals surface area contributed by atoms with Gasteiger partial charge in [-0.25, -0.2) is 4.79 Å². The Hall–Kier alpha value is -3.72. The third-order valence-corrected chi connectivity index (χ3v) is 5.84. The summed E-state index contributed by atoms with van der Waals surface area (Å²) >= 11 is 3.37. The number of nitrogens with zero attached hydrogens (tertiary/aromatic N) is 2. The van der Waals surface area contributed by atoms with E-state index in [4.69, 9.17) is 13.7 Å². The molecule has 1 aliphatic rings. The molecule has 0 bridgehead atoms. The number of methoxy groups -OCH3 is 1. The molecule has 4 aromatic rings. The lowest BCUT2D eigenvalue weighted by Crippen LogP contribution is -2.29. The Morgan fingerprint density at radius 2 is 1.88 bits per heavy atom. The maximum Gasteiger partial charge on any atom is 0.337 e. The van der Waals surface area contributed by atoms with Crippen LogP contribution in [0.5, 0.6) is 0 Å². The Kier molecular flexibility index (Phi) is 4.70. The van der Waals surface area contributed by atoms with Crippen molar-refractivity contribution in [2.75, 3.05) is 12.0 Å². The number of aromatic nitrogens is 1. The van der Waals surface area contributed by atoms with Gasteiger partial charge in [0, 0.05) is 10.5 Å². The molecule has 5 rings (SSSR count). The molecule has 9 heteroatoms. The SMILES string of the molecule is COC(=O)c1ccc([C@@H]2c3c(oc4ccc(Br)cc4c3=O)C(=O)N2c2cc(C)on2)cc1. The van der Waals surface area contributed by atoms with Crippen molar-refractivity contribution in [2.24, 2.45) is 0 Å². The van der Waals surface area contributed by atoms with Crippen LogP contribution in [-0.4, -0.2) is 24.1 Å². The highest BCUT2D eigenvalue weighted by molar-refractivity contribution is 9.10. The summed E-state index contributed by atoms with van der Waals surface area (Å²) in [5.74, 6) is -0.272. The number of amides is 1. The summed E-state index contributed by atoms with van der Waals surface area (Å²) in [6, 6.07) is 12.3.